The van der Waals surface area contributed by atoms with Crippen LogP contribution in [0, 0.1) is 13.8 Å². The number of carbonyl (C=O) groups excluding carboxylic acids is 2. The highest BCUT2D eigenvalue weighted by Crippen LogP contribution is 2.32. The number of halogens is 3. The van der Waals surface area contributed by atoms with Gasteiger partial charge in [0, 0.05) is 19.2 Å². The van der Waals surface area contributed by atoms with E-state index in [4.69, 9.17) is 0 Å². The lowest BCUT2D eigenvalue weighted by Crippen LogP contribution is -2.31. The van der Waals surface area contributed by atoms with E-state index in [9.17, 15) is 22.8 Å². The molecule has 164 valence electrons. The second-order valence-electron chi connectivity index (χ2n) is 6.87. The van der Waals surface area contributed by atoms with E-state index in [0.717, 1.165) is 45.6 Å². The summed E-state index contributed by atoms with van der Waals surface area (Å²) in [5.74, 6) is -1.32. The molecule has 1 aliphatic heterocycles. The summed E-state index contributed by atoms with van der Waals surface area (Å²) in [7, 11) is 1.58. The molecule has 0 unspecified atom stereocenters. The molecule has 6 nitrogen and oxygen atoms in total. The Morgan fingerprint density at radius 2 is 1.81 bits per heavy atom. The Kier molecular flexibility index (Phi) is 6.59. The van der Waals surface area contributed by atoms with Crippen molar-refractivity contribution < 1.29 is 27.5 Å². The van der Waals surface area contributed by atoms with Crippen LogP contribution in [0.15, 0.2) is 47.5 Å². The highest BCUT2D eigenvalue weighted by Gasteiger charge is 2.41. The summed E-state index contributed by atoms with van der Waals surface area (Å²) in [6, 6.07) is 10.4. The monoisotopic (exact) mass is 451 g/mol. The summed E-state index contributed by atoms with van der Waals surface area (Å²) in [5, 5.41) is 2.93. The van der Waals surface area contributed by atoms with Gasteiger partial charge in [0.2, 0.25) is 11.8 Å². The van der Waals surface area contributed by atoms with Gasteiger partial charge in [-0.2, -0.15) is 0 Å². The zero-order valence-electron chi connectivity index (χ0n) is 17.0. The minimum Gasteiger partial charge on any atom is -0.406 e. The quantitative estimate of drug-likeness (QED) is 0.416. The Morgan fingerprint density at radius 3 is 2.39 bits per heavy atom. The molecule has 1 heterocycles. The SMILES string of the molecule is CN=C(Nc1ccc(C)c(C)c1)S[C@H]1CC(=O)N(c2ccc(OC(F)(F)F)cc2)C1=O. The number of amides is 2. The number of rotatable bonds is 4. The van der Waals surface area contributed by atoms with Gasteiger partial charge in [0.25, 0.3) is 0 Å². The van der Waals surface area contributed by atoms with Crippen molar-refractivity contribution in [1.29, 1.82) is 0 Å². The zero-order valence-corrected chi connectivity index (χ0v) is 17.8. The number of hydrogen-bond donors (Lipinski definition) is 1. The number of hydrogen-bond acceptors (Lipinski definition) is 5. The molecule has 0 bridgehead atoms. The number of aliphatic imine (C=N–C) groups is 1. The predicted molar refractivity (Wildman–Crippen MR) is 115 cm³/mol. The molecule has 10 heteroatoms. The number of aryl methyl sites for hydroxylation is 2. The number of ether oxygens (including phenoxy) is 1. The predicted octanol–water partition coefficient (Wildman–Crippen LogP) is 4.67. The highest BCUT2D eigenvalue weighted by molar-refractivity contribution is 8.15. The number of nitrogens with zero attached hydrogens (tertiary/aromatic N) is 2. The molecule has 2 aromatic carbocycles. The third-order valence-electron chi connectivity index (χ3n) is 4.65. The largest absolute Gasteiger partial charge is 0.573 e. The van der Waals surface area contributed by atoms with Crippen LogP contribution < -0.4 is 15.0 Å². The van der Waals surface area contributed by atoms with E-state index in [1.165, 1.54) is 12.1 Å². The lowest BCUT2D eigenvalue weighted by atomic mass is 10.1. The van der Waals surface area contributed by atoms with Crippen molar-refractivity contribution in [3.8, 4) is 5.75 Å². The Hall–Kier alpha value is -3.01. The number of thioether (sulfide) groups is 1. The van der Waals surface area contributed by atoms with Crippen LogP contribution in [0.4, 0.5) is 24.5 Å². The second-order valence-corrected chi connectivity index (χ2v) is 8.06. The fourth-order valence-corrected chi connectivity index (χ4v) is 3.96. The van der Waals surface area contributed by atoms with E-state index >= 15 is 0 Å². The number of benzene rings is 2. The smallest absolute Gasteiger partial charge is 0.406 e. The van der Waals surface area contributed by atoms with Gasteiger partial charge in [0.05, 0.1) is 5.69 Å². The Bertz CT molecular complexity index is 1020. The van der Waals surface area contributed by atoms with Crippen molar-refractivity contribution >= 4 is 40.1 Å². The van der Waals surface area contributed by atoms with Crippen LogP contribution in [0.3, 0.4) is 0 Å². The number of imide groups is 1. The molecule has 0 aromatic heterocycles. The van der Waals surface area contributed by atoms with Gasteiger partial charge in [-0.25, -0.2) is 4.90 Å². The van der Waals surface area contributed by atoms with Gasteiger partial charge in [0.1, 0.15) is 11.0 Å². The third kappa shape index (κ3) is 5.57. The molecule has 1 aliphatic rings. The summed E-state index contributed by atoms with van der Waals surface area (Å²) < 4.78 is 40.7. The molecular weight excluding hydrogens is 431 g/mol. The van der Waals surface area contributed by atoms with E-state index in [-0.39, 0.29) is 12.1 Å². The van der Waals surface area contributed by atoms with E-state index in [2.05, 4.69) is 15.0 Å². The van der Waals surface area contributed by atoms with Gasteiger partial charge in [-0.15, -0.1) is 13.2 Å². The van der Waals surface area contributed by atoms with Crippen LogP contribution in [0.1, 0.15) is 17.5 Å². The average molecular weight is 451 g/mol. The number of carbonyl (C=O) groups is 2. The normalized spacial score (nSPS) is 17.3. The first-order chi connectivity index (χ1) is 14.6. The first-order valence-corrected chi connectivity index (χ1v) is 10.2. The van der Waals surface area contributed by atoms with Gasteiger partial charge in [-0.05, 0) is 61.4 Å². The molecule has 0 spiro atoms. The fraction of sp³-hybridized carbons (Fsp3) is 0.286. The minimum atomic E-state index is -4.82. The highest BCUT2D eigenvalue weighted by atomic mass is 32.2. The van der Waals surface area contributed by atoms with Crippen LogP contribution in [0.2, 0.25) is 0 Å². The Balaban J connectivity index is 1.69. The summed E-state index contributed by atoms with van der Waals surface area (Å²) in [4.78, 5) is 30.4. The summed E-state index contributed by atoms with van der Waals surface area (Å²) in [5.41, 5.74) is 3.24. The van der Waals surface area contributed by atoms with Crippen LogP contribution in [0.25, 0.3) is 0 Å². The second kappa shape index (κ2) is 9.01. The van der Waals surface area contributed by atoms with E-state index < -0.39 is 29.2 Å². The topological polar surface area (TPSA) is 71.0 Å². The minimum absolute atomic E-state index is 0.0437. The maximum Gasteiger partial charge on any atom is 0.573 e. The van der Waals surface area contributed by atoms with Gasteiger partial charge in [-0.1, -0.05) is 17.8 Å². The summed E-state index contributed by atoms with van der Waals surface area (Å²) in [6.07, 6.45) is -4.86. The Labute approximate surface area is 181 Å². The molecular formula is C21H20F3N3O3S. The molecule has 31 heavy (non-hydrogen) atoms. The molecule has 1 fully saturated rings. The van der Waals surface area contributed by atoms with Crippen molar-refractivity contribution in [2.45, 2.75) is 31.9 Å². The fourth-order valence-electron chi connectivity index (χ4n) is 2.98. The molecule has 3 rings (SSSR count). The molecule has 1 saturated heterocycles. The van der Waals surface area contributed by atoms with Crippen molar-refractivity contribution in [3.63, 3.8) is 0 Å². The molecule has 2 aromatic rings. The number of amidine groups is 1. The standard InChI is InChI=1S/C21H20F3N3O3S/c1-12-4-5-14(10-13(12)2)26-20(25-3)31-17-11-18(28)27(19(17)29)15-6-8-16(9-7-15)30-21(22,23)24/h4-10,17H,11H2,1-3H3,(H,25,26)/t17-/m0/s1. The lowest BCUT2D eigenvalue weighted by Gasteiger charge is -2.16. The number of anilines is 2. The van der Waals surface area contributed by atoms with Crippen LogP contribution >= 0.6 is 11.8 Å². The van der Waals surface area contributed by atoms with Gasteiger partial charge < -0.3 is 10.1 Å². The average Bonchev–Trinajstić information content (AvgIpc) is 2.97. The van der Waals surface area contributed by atoms with Crippen molar-refractivity contribution in [2.24, 2.45) is 4.99 Å². The molecule has 2 amide bonds. The van der Waals surface area contributed by atoms with Gasteiger partial charge >= 0.3 is 6.36 Å². The van der Waals surface area contributed by atoms with Gasteiger partial charge in [-0.3, -0.25) is 14.6 Å². The molecule has 1 N–H and O–H groups in total. The van der Waals surface area contributed by atoms with Crippen molar-refractivity contribution in [2.75, 3.05) is 17.3 Å². The third-order valence-corrected chi connectivity index (χ3v) is 5.81. The zero-order chi connectivity index (χ0) is 22.8. The first-order valence-electron chi connectivity index (χ1n) is 9.27. The van der Waals surface area contributed by atoms with E-state index in [0.29, 0.717) is 5.17 Å². The molecule has 1 atom stereocenters. The van der Waals surface area contributed by atoms with Crippen LogP contribution in [-0.4, -0.2) is 35.6 Å². The summed E-state index contributed by atoms with van der Waals surface area (Å²) in [6.45, 7) is 3.99. The Morgan fingerprint density at radius 1 is 1.13 bits per heavy atom. The number of alkyl halides is 3. The maximum atomic E-state index is 12.8. The van der Waals surface area contributed by atoms with Crippen LogP contribution in [0.5, 0.6) is 5.75 Å². The first kappa shape index (κ1) is 22.7. The molecule has 0 saturated carbocycles. The summed E-state index contributed by atoms with van der Waals surface area (Å²) >= 11 is 1.13. The van der Waals surface area contributed by atoms with E-state index in [1.54, 1.807) is 7.05 Å². The molecule has 0 aliphatic carbocycles. The lowest BCUT2D eigenvalue weighted by molar-refractivity contribution is -0.274. The van der Waals surface area contributed by atoms with E-state index in [1.807, 2.05) is 32.0 Å². The molecule has 0 radical (unpaired) electrons. The van der Waals surface area contributed by atoms with Crippen LogP contribution in [-0.2, 0) is 9.59 Å². The van der Waals surface area contributed by atoms with Gasteiger partial charge in [0.15, 0.2) is 5.17 Å². The van der Waals surface area contributed by atoms with Crippen molar-refractivity contribution in [3.05, 3.63) is 53.6 Å². The van der Waals surface area contributed by atoms with Crippen molar-refractivity contribution in [1.82, 2.24) is 0 Å². The number of nitrogens with one attached hydrogen (secondary N) is 1. The maximum absolute atomic E-state index is 12.8.